The number of hydrogen-bond donors (Lipinski definition) is 1. The van der Waals surface area contributed by atoms with Crippen LogP contribution >= 0.6 is 35.0 Å². The van der Waals surface area contributed by atoms with Gasteiger partial charge in [0.05, 0.1) is 33.0 Å². The lowest BCUT2D eigenvalue weighted by Gasteiger charge is -2.05. The van der Waals surface area contributed by atoms with Gasteiger partial charge in [-0.1, -0.05) is 47.1 Å². The summed E-state index contributed by atoms with van der Waals surface area (Å²) in [4.78, 5) is 20.7. The summed E-state index contributed by atoms with van der Waals surface area (Å²) in [6.45, 7) is 0.0377. The molecule has 0 spiro atoms. The Morgan fingerprint density at radius 2 is 1.93 bits per heavy atom. The number of para-hydroxylation sites is 2. The first kappa shape index (κ1) is 20.4. The molecule has 4 aromatic rings. The third kappa shape index (κ3) is 5.18. The van der Waals surface area contributed by atoms with E-state index in [1.54, 1.807) is 18.2 Å². The SMILES string of the molecule is O=C(CSc1nnc(COc2cnc3ccccc3n2)o1)Nc1ccc(Cl)c(Cl)c1. The molecule has 0 saturated heterocycles. The molecule has 2 heterocycles. The number of carbonyl (C=O) groups excluding carboxylic acids is 1. The molecular weight excluding hydrogens is 449 g/mol. The van der Waals surface area contributed by atoms with Crippen LogP contribution in [0.3, 0.4) is 0 Å². The summed E-state index contributed by atoms with van der Waals surface area (Å²) >= 11 is 12.9. The number of amides is 1. The van der Waals surface area contributed by atoms with E-state index in [9.17, 15) is 4.79 Å². The minimum Gasteiger partial charge on any atom is -0.466 e. The molecule has 0 aliphatic carbocycles. The van der Waals surface area contributed by atoms with Crippen LogP contribution in [0.5, 0.6) is 5.88 Å². The van der Waals surface area contributed by atoms with Gasteiger partial charge in [0.2, 0.25) is 11.8 Å². The van der Waals surface area contributed by atoms with Gasteiger partial charge in [-0.15, -0.1) is 10.2 Å². The highest BCUT2D eigenvalue weighted by Gasteiger charge is 2.12. The van der Waals surface area contributed by atoms with E-state index in [2.05, 4.69) is 25.5 Å². The van der Waals surface area contributed by atoms with Crippen LogP contribution in [0.1, 0.15) is 5.89 Å². The Morgan fingerprint density at radius 1 is 1.10 bits per heavy atom. The van der Waals surface area contributed by atoms with Crippen molar-refractivity contribution in [3.63, 3.8) is 0 Å². The number of rotatable bonds is 7. The van der Waals surface area contributed by atoms with E-state index in [0.29, 0.717) is 21.6 Å². The number of hydrogen-bond acceptors (Lipinski definition) is 8. The van der Waals surface area contributed by atoms with Gasteiger partial charge in [-0.3, -0.25) is 4.79 Å². The number of aromatic nitrogens is 4. The van der Waals surface area contributed by atoms with Gasteiger partial charge in [0, 0.05) is 5.69 Å². The molecule has 1 N–H and O–H groups in total. The number of fused-ring (bicyclic) bond motifs is 1. The van der Waals surface area contributed by atoms with E-state index in [4.69, 9.17) is 32.4 Å². The molecule has 8 nitrogen and oxygen atoms in total. The first-order valence-corrected chi connectivity index (χ1v) is 10.4. The third-order valence-electron chi connectivity index (χ3n) is 3.75. The Labute approximate surface area is 185 Å². The molecule has 2 aromatic carbocycles. The lowest BCUT2D eigenvalue weighted by molar-refractivity contribution is -0.113. The maximum atomic E-state index is 12.1. The topological polar surface area (TPSA) is 103 Å². The third-order valence-corrected chi connectivity index (χ3v) is 5.31. The monoisotopic (exact) mass is 461 g/mol. The molecule has 0 aliphatic heterocycles. The van der Waals surface area contributed by atoms with Crippen LogP contribution in [-0.2, 0) is 11.4 Å². The van der Waals surface area contributed by atoms with Gasteiger partial charge in [-0.2, -0.15) is 0 Å². The Morgan fingerprint density at radius 3 is 2.77 bits per heavy atom. The Kier molecular flexibility index (Phi) is 6.32. The minimum atomic E-state index is -0.249. The molecule has 0 aliphatic rings. The van der Waals surface area contributed by atoms with E-state index >= 15 is 0 Å². The fraction of sp³-hybridized carbons (Fsp3) is 0.105. The van der Waals surface area contributed by atoms with E-state index in [0.717, 1.165) is 22.8 Å². The number of carbonyl (C=O) groups is 1. The predicted octanol–water partition coefficient (Wildman–Crippen LogP) is 4.63. The van der Waals surface area contributed by atoms with Gasteiger partial charge in [0.15, 0.2) is 6.61 Å². The molecule has 11 heteroatoms. The summed E-state index contributed by atoms with van der Waals surface area (Å²) in [7, 11) is 0. The normalized spacial score (nSPS) is 10.9. The molecule has 0 fully saturated rings. The van der Waals surface area contributed by atoms with Crippen molar-refractivity contribution >= 4 is 57.6 Å². The lowest BCUT2D eigenvalue weighted by atomic mass is 10.3. The number of thioether (sulfide) groups is 1. The summed E-state index contributed by atoms with van der Waals surface area (Å²) in [6.07, 6.45) is 1.53. The fourth-order valence-electron chi connectivity index (χ4n) is 2.40. The smallest absolute Gasteiger partial charge is 0.277 e. The summed E-state index contributed by atoms with van der Waals surface area (Å²) in [6, 6.07) is 12.3. The van der Waals surface area contributed by atoms with Crippen LogP contribution in [0.25, 0.3) is 11.0 Å². The van der Waals surface area contributed by atoms with Crippen LogP contribution in [-0.4, -0.2) is 31.8 Å². The van der Waals surface area contributed by atoms with Gasteiger partial charge in [-0.25, -0.2) is 9.97 Å². The van der Waals surface area contributed by atoms with Crippen molar-refractivity contribution in [3.8, 4) is 5.88 Å². The summed E-state index contributed by atoms with van der Waals surface area (Å²) in [5.41, 5.74) is 2.05. The van der Waals surface area contributed by atoms with Crippen molar-refractivity contribution in [1.82, 2.24) is 20.2 Å². The van der Waals surface area contributed by atoms with Gasteiger partial charge in [0.1, 0.15) is 0 Å². The van der Waals surface area contributed by atoms with Crippen molar-refractivity contribution in [2.24, 2.45) is 0 Å². The highest BCUT2D eigenvalue weighted by atomic mass is 35.5. The number of nitrogens with zero attached hydrogens (tertiary/aromatic N) is 4. The first-order chi connectivity index (χ1) is 14.6. The van der Waals surface area contributed by atoms with Gasteiger partial charge >= 0.3 is 0 Å². The molecule has 0 saturated carbocycles. The second-order valence-electron chi connectivity index (χ2n) is 5.91. The standard InChI is InChI=1S/C19H13Cl2N5O3S/c20-12-6-5-11(7-13(12)21)23-16(27)10-30-19-26-25-18(29-19)9-28-17-8-22-14-3-1-2-4-15(14)24-17/h1-8H,9-10H2,(H,23,27). The van der Waals surface area contributed by atoms with E-state index < -0.39 is 0 Å². The van der Waals surface area contributed by atoms with Crippen molar-refractivity contribution in [3.05, 3.63) is 64.6 Å². The number of ether oxygens (including phenoxy) is 1. The number of anilines is 1. The molecule has 4 rings (SSSR count). The number of halogens is 2. The average molecular weight is 462 g/mol. The van der Waals surface area contributed by atoms with Crippen LogP contribution < -0.4 is 10.1 Å². The average Bonchev–Trinajstić information content (AvgIpc) is 3.21. The summed E-state index contributed by atoms with van der Waals surface area (Å²) in [5.74, 6) is 0.444. The van der Waals surface area contributed by atoms with Crippen molar-refractivity contribution < 1.29 is 13.9 Å². The fourth-order valence-corrected chi connectivity index (χ4v) is 3.28. The Balaban J connectivity index is 1.28. The first-order valence-electron chi connectivity index (χ1n) is 8.61. The molecule has 152 valence electrons. The molecular formula is C19H13Cl2N5O3S. The zero-order valence-corrected chi connectivity index (χ0v) is 17.5. The minimum absolute atomic E-state index is 0.0377. The van der Waals surface area contributed by atoms with Gasteiger partial charge in [-0.05, 0) is 30.3 Å². The maximum Gasteiger partial charge on any atom is 0.277 e. The summed E-state index contributed by atoms with van der Waals surface area (Å²) < 4.78 is 11.0. The molecule has 0 atom stereocenters. The maximum absolute atomic E-state index is 12.1. The molecule has 1 amide bonds. The lowest BCUT2D eigenvalue weighted by Crippen LogP contribution is -2.13. The quantitative estimate of drug-likeness (QED) is 0.397. The molecule has 0 unspecified atom stereocenters. The van der Waals surface area contributed by atoms with Crippen LogP contribution in [0, 0.1) is 0 Å². The van der Waals surface area contributed by atoms with Gasteiger partial charge in [0.25, 0.3) is 11.1 Å². The van der Waals surface area contributed by atoms with E-state index in [1.807, 2.05) is 24.3 Å². The van der Waals surface area contributed by atoms with Crippen molar-refractivity contribution in [2.45, 2.75) is 11.8 Å². The Hall–Kier alpha value is -2.88. The van der Waals surface area contributed by atoms with Crippen molar-refractivity contribution in [2.75, 3.05) is 11.1 Å². The Bertz CT molecular complexity index is 1200. The second-order valence-corrected chi connectivity index (χ2v) is 7.65. The van der Waals surface area contributed by atoms with Crippen LogP contribution in [0.2, 0.25) is 10.0 Å². The number of benzene rings is 2. The van der Waals surface area contributed by atoms with Gasteiger partial charge < -0.3 is 14.5 Å². The van der Waals surface area contributed by atoms with Crippen molar-refractivity contribution in [1.29, 1.82) is 0 Å². The molecule has 30 heavy (non-hydrogen) atoms. The predicted molar refractivity (Wildman–Crippen MR) is 114 cm³/mol. The summed E-state index contributed by atoms with van der Waals surface area (Å²) in [5, 5.41) is 11.5. The highest BCUT2D eigenvalue weighted by Crippen LogP contribution is 2.25. The largest absolute Gasteiger partial charge is 0.466 e. The number of nitrogens with one attached hydrogen (secondary N) is 1. The van der Waals surface area contributed by atoms with E-state index in [-0.39, 0.29) is 29.4 Å². The zero-order chi connectivity index (χ0) is 20.9. The molecule has 0 bridgehead atoms. The van der Waals surface area contributed by atoms with E-state index in [1.165, 1.54) is 6.20 Å². The molecule has 2 aromatic heterocycles. The molecule has 0 radical (unpaired) electrons. The van der Waals surface area contributed by atoms with Crippen LogP contribution in [0.4, 0.5) is 5.69 Å². The highest BCUT2D eigenvalue weighted by molar-refractivity contribution is 7.99. The zero-order valence-electron chi connectivity index (χ0n) is 15.2. The van der Waals surface area contributed by atoms with Crippen LogP contribution in [0.15, 0.2) is 58.3 Å². The second kappa shape index (κ2) is 9.29.